The molecule has 0 atom stereocenters. The first-order valence-electron chi connectivity index (χ1n) is 5.83. The minimum Gasteiger partial charge on any atom is -0.339 e. The van der Waals surface area contributed by atoms with Crippen molar-refractivity contribution in [1.29, 1.82) is 0 Å². The summed E-state index contributed by atoms with van der Waals surface area (Å²) in [6.07, 6.45) is 3.63. The highest BCUT2D eigenvalue weighted by Crippen LogP contribution is 2.16. The number of rotatable bonds is 3. The van der Waals surface area contributed by atoms with E-state index in [1.807, 2.05) is 6.07 Å². The maximum atomic E-state index is 11.0. The Morgan fingerprint density at radius 3 is 2.95 bits per heavy atom. The van der Waals surface area contributed by atoms with Crippen LogP contribution in [0.5, 0.6) is 0 Å². The standard InChI is InChI=1S/C13H9ClN4O2/c14-10-5-8(3-4-15-10)6-12-17-13(18-20-12)9-1-2-11(19)16-7-9/h1-5,7H,6H2,(H,16,19). The highest BCUT2D eigenvalue weighted by Gasteiger charge is 2.09. The minimum absolute atomic E-state index is 0.177. The number of pyridine rings is 2. The highest BCUT2D eigenvalue weighted by atomic mass is 35.5. The van der Waals surface area contributed by atoms with Crippen LogP contribution in [-0.2, 0) is 6.42 Å². The van der Waals surface area contributed by atoms with Gasteiger partial charge in [0.15, 0.2) is 0 Å². The fourth-order valence-corrected chi connectivity index (χ4v) is 1.92. The van der Waals surface area contributed by atoms with Gasteiger partial charge in [0.05, 0.1) is 6.42 Å². The molecule has 3 aromatic heterocycles. The molecule has 100 valence electrons. The van der Waals surface area contributed by atoms with Crippen molar-refractivity contribution in [1.82, 2.24) is 20.1 Å². The molecule has 0 aliphatic carbocycles. The molecule has 0 unspecified atom stereocenters. The molecule has 0 amide bonds. The molecule has 0 spiro atoms. The molecule has 0 saturated carbocycles. The molecule has 0 bridgehead atoms. The van der Waals surface area contributed by atoms with E-state index in [4.69, 9.17) is 16.1 Å². The van der Waals surface area contributed by atoms with Crippen LogP contribution in [0.15, 0.2) is 46.0 Å². The molecule has 0 fully saturated rings. The van der Waals surface area contributed by atoms with Gasteiger partial charge in [-0.25, -0.2) is 4.98 Å². The van der Waals surface area contributed by atoms with E-state index < -0.39 is 0 Å². The van der Waals surface area contributed by atoms with E-state index in [0.29, 0.717) is 28.9 Å². The number of aromatic amines is 1. The Labute approximate surface area is 118 Å². The third-order valence-corrected chi connectivity index (χ3v) is 2.86. The van der Waals surface area contributed by atoms with Crippen LogP contribution < -0.4 is 5.56 Å². The molecular formula is C13H9ClN4O2. The summed E-state index contributed by atoms with van der Waals surface area (Å²) in [4.78, 5) is 21.7. The minimum atomic E-state index is -0.177. The van der Waals surface area contributed by atoms with E-state index in [2.05, 4.69) is 20.1 Å². The van der Waals surface area contributed by atoms with Crippen LogP contribution in [0.2, 0.25) is 5.15 Å². The number of aromatic nitrogens is 4. The van der Waals surface area contributed by atoms with Crippen molar-refractivity contribution in [2.24, 2.45) is 0 Å². The lowest BCUT2D eigenvalue weighted by atomic mass is 10.2. The largest absolute Gasteiger partial charge is 0.339 e. The molecule has 1 N–H and O–H groups in total. The maximum absolute atomic E-state index is 11.0. The lowest BCUT2D eigenvalue weighted by Crippen LogP contribution is -2.01. The Morgan fingerprint density at radius 1 is 1.30 bits per heavy atom. The average molecular weight is 289 g/mol. The van der Waals surface area contributed by atoms with Gasteiger partial charge in [0, 0.05) is 24.0 Å². The van der Waals surface area contributed by atoms with Gasteiger partial charge in [-0.2, -0.15) is 4.98 Å². The SMILES string of the molecule is O=c1ccc(-c2noc(Cc3ccnc(Cl)c3)n2)c[nH]1. The van der Waals surface area contributed by atoms with Gasteiger partial charge in [0.25, 0.3) is 0 Å². The number of halogens is 1. The zero-order chi connectivity index (χ0) is 13.9. The van der Waals surface area contributed by atoms with Crippen LogP contribution in [0.4, 0.5) is 0 Å². The Morgan fingerprint density at radius 2 is 2.20 bits per heavy atom. The number of nitrogens with one attached hydrogen (secondary N) is 1. The topological polar surface area (TPSA) is 84.7 Å². The first kappa shape index (κ1) is 12.6. The molecule has 0 radical (unpaired) electrons. The van der Waals surface area contributed by atoms with Gasteiger partial charge >= 0.3 is 0 Å². The molecule has 3 rings (SSSR count). The Balaban J connectivity index is 1.83. The Bertz CT molecular complexity index is 776. The lowest BCUT2D eigenvalue weighted by Gasteiger charge is -1.96. The zero-order valence-corrected chi connectivity index (χ0v) is 11.0. The van der Waals surface area contributed by atoms with E-state index in [-0.39, 0.29) is 5.56 Å². The Hall–Kier alpha value is -2.47. The van der Waals surface area contributed by atoms with Gasteiger partial charge in [-0.3, -0.25) is 4.79 Å². The smallest absolute Gasteiger partial charge is 0.247 e. The molecule has 6 nitrogen and oxygen atoms in total. The van der Waals surface area contributed by atoms with Crippen LogP contribution in [0, 0.1) is 0 Å². The van der Waals surface area contributed by atoms with Gasteiger partial charge in [-0.1, -0.05) is 16.8 Å². The van der Waals surface area contributed by atoms with E-state index in [9.17, 15) is 4.79 Å². The van der Waals surface area contributed by atoms with Crippen molar-refractivity contribution in [3.05, 3.63) is 63.6 Å². The normalized spacial score (nSPS) is 10.7. The van der Waals surface area contributed by atoms with E-state index in [1.165, 1.54) is 6.07 Å². The number of H-pyrrole nitrogens is 1. The molecule has 0 aliphatic heterocycles. The monoisotopic (exact) mass is 288 g/mol. The van der Waals surface area contributed by atoms with E-state index >= 15 is 0 Å². The van der Waals surface area contributed by atoms with Crippen LogP contribution in [0.3, 0.4) is 0 Å². The van der Waals surface area contributed by atoms with Gasteiger partial charge in [0.1, 0.15) is 5.15 Å². The second-order valence-electron chi connectivity index (χ2n) is 4.12. The Kier molecular flexibility index (Phi) is 3.30. The third-order valence-electron chi connectivity index (χ3n) is 2.66. The molecule has 3 heterocycles. The predicted molar refractivity (Wildman–Crippen MR) is 72.4 cm³/mol. The third kappa shape index (κ3) is 2.75. The van der Waals surface area contributed by atoms with Crippen molar-refractivity contribution >= 4 is 11.6 Å². The first-order chi connectivity index (χ1) is 9.70. The summed E-state index contributed by atoms with van der Waals surface area (Å²) >= 11 is 5.82. The van der Waals surface area contributed by atoms with Gasteiger partial charge in [-0.05, 0) is 23.8 Å². The summed E-state index contributed by atoms with van der Waals surface area (Å²) in [6.45, 7) is 0. The fourth-order valence-electron chi connectivity index (χ4n) is 1.72. The van der Waals surface area contributed by atoms with Crippen molar-refractivity contribution < 1.29 is 4.52 Å². The van der Waals surface area contributed by atoms with Crippen LogP contribution in [0.25, 0.3) is 11.4 Å². The van der Waals surface area contributed by atoms with Crippen LogP contribution in [-0.4, -0.2) is 20.1 Å². The zero-order valence-electron chi connectivity index (χ0n) is 10.2. The predicted octanol–water partition coefficient (Wildman–Crippen LogP) is 2.06. The van der Waals surface area contributed by atoms with E-state index in [0.717, 1.165) is 5.56 Å². The summed E-state index contributed by atoms with van der Waals surface area (Å²) in [7, 11) is 0. The molecule has 20 heavy (non-hydrogen) atoms. The molecule has 0 saturated heterocycles. The number of nitrogens with zero attached hydrogens (tertiary/aromatic N) is 3. The first-order valence-corrected chi connectivity index (χ1v) is 6.20. The van der Waals surface area contributed by atoms with Crippen molar-refractivity contribution in [3.63, 3.8) is 0 Å². The summed E-state index contributed by atoms with van der Waals surface area (Å²) in [5.74, 6) is 0.893. The molecule has 0 aromatic carbocycles. The quantitative estimate of drug-likeness (QED) is 0.746. The van der Waals surface area contributed by atoms with Gasteiger partial charge in [0.2, 0.25) is 17.3 Å². The van der Waals surface area contributed by atoms with Crippen molar-refractivity contribution in [2.45, 2.75) is 6.42 Å². The van der Waals surface area contributed by atoms with Crippen LogP contribution in [0.1, 0.15) is 11.5 Å². The van der Waals surface area contributed by atoms with E-state index in [1.54, 1.807) is 24.5 Å². The molecule has 0 aliphatic rings. The second kappa shape index (κ2) is 5.26. The fraction of sp³-hybridized carbons (Fsp3) is 0.0769. The molecular weight excluding hydrogens is 280 g/mol. The maximum Gasteiger partial charge on any atom is 0.247 e. The van der Waals surface area contributed by atoms with Gasteiger partial charge in [-0.15, -0.1) is 0 Å². The lowest BCUT2D eigenvalue weighted by molar-refractivity contribution is 0.385. The summed E-state index contributed by atoms with van der Waals surface area (Å²) in [6, 6.07) is 6.62. The number of hydrogen-bond donors (Lipinski definition) is 1. The summed E-state index contributed by atoms with van der Waals surface area (Å²) < 4.78 is 5.18. The molecule has 3 aromatic rings. The molecule has 7 heteroatoms. The number of hydrogen-bond acceptors (Lipinski definition) is 5. The second-order valence-corrected chi connectivity index (χ2v) is 4.50. The summed E-state index contributed by atoms with van der Waals surface area (Å²) in [5.41, 5.74) is 1.44. The average Bonchev–Trinajstić information content (AvgIpc) is 2.88. The van der Waals surface area contributed by atoms with Crippen LogP contribution >= 0.6 is 11.6 Å². The highest BCUT2D eigenvalue weighted by molar-refractivity contribution is 6.29. The summed E-state index contributed by atoms with van der Waals surface area (Å²) in [5, 5.41) is 4.30. The van der Waals surface area contributed by atoms with Crippen molar-refractivity contribution in [2.75, 3.05) is 0 Å². The van der Waals surface area contributed by atoms with Crippen molar-refractivity contribution in [3.8, 4) is 11.4 Å². The van der Waals surface area contributed by atoms with Gasteiger partial charge < -0.3 is 9.51 Å².